The number of halogens is 4. The zero-order chi connectivity index (χ0) is 22.8. The van der Waals surface area contributed by atoms with E-state index in [1.807, 2.05) is 0 Å². The lowest BCUT2D eigenvalue weighted by atomic mass is 10.2. The van der Waals surface area contributed by atoms with Crippen LogP contribution >= 0.6 is 11.6 Å². The van der Waals surface area contributed by atoms with E-state index in [-0.39, 0.29) is 24.9 Å². The van der Waals surface area contributed by atoms with Crippen LogP contribution < -0.4 is 20.1 Å². The van der Waals surface area contributed by atoms with E-state index >= 15 is 0 Å². The van der Waals surface area contributed by atoms with Crippen molar-refractivity contribution in [2.75, 3.05) is 31.0 Å². The number of hydrogen-bond donors (Lipinski definition) is 2. The molecule has 0 aromatic heterocycles. The number of amides is 2. The van der Waals surface area contributed by atoms with Crippen LogP contribution in [0, 0.1) is 0 Å². The number of benzene rings is 2. The Hall–Kier alpha value is -2.98. The molecule has 1 aliphatic heterocycles. The minimum absolute atomic E-state index is 0.0485. The maximum atomic E-state index is 13.0. The largest absolute Gasteiger partial charge is 0.454 e. The molecule has 1 heterocycles. The van der Waals surface area contributed by atoms with Gasteiger partial charge in [0.2, 0.25) is 18.6 Å². The number of ether oxygens (including phenoxy) is 2. The molecule has 3 rings (SSSR count). The van der Waals surface area contributed by atoms with Crippen LogP contribution in [-0.4, -0.2) is 43.1 Å². The second kappa shape index (κ2) is 9.03. The third kappa shape index (κ3) is 5.59. The number of rotatable bonds is 6. The number of alkyl halides is 3. The Morgan fingerprint density at radius 2 is 1.74 bits per heavy atom. The molecular formula is C20H19ClF3N3O4. The van der Waals surface area contributed by atoms with E-state index in [4.69, 9.17) is 21.1 Å². The van der Waals surface area contributed by atoms with E-state index in [9.17, 15) is 22.8 Å². The highest BCUT2D eigenvalue weighted by Gasteiger charge is 2.33. The molecule has 1 aliphatic rings. The van der Waals surface area contributed by atoms with Gasteiger partial charge in [0, 0.05) is 17.4 Å². The molecule has 7 nitrogen and oxygen atoms in total. The monoisotopic (exact) mass is 457 g/mol. The first-order chi connectivity index (χ1) is 14.5. The summed E-state index contributed by atoms with van der Waals surface area (Å²) in [6.45, 7) is 1.48. The summed E-state index contributed by atoms with van der Waals surface area (Å²) in [6.07, 6.45) is -4.64. The summed E-state index contributed by atoms with van der Waals surface area (Å²) < 4.78 is 49.3. The highest BCUT2D eigenvalue weighted by Crippen LogP contribution is 2.36. The van der Waals surface area contributed by atoms with Crippen LogP contribution in [-0.2, 0) is 15.8 Å². The van der Waals surface area contributed by atoms with E-state index in [2.05, 4.69) is 10.6 Å². The van der Waals surface area contributed by atoms with Crippen molar-refractivity contribution in [3.05, 3.63) is 47.0 Å². The van der Waals surface area contributed by atoms with Crippen molar-refractivity contribution in [2.45, 2.75) is 19.1 Å². The van der Waals surface area contributed by atoms with Gasteiger partial charge in [-0.1, -0.05) is 11.6 Å². The van der Waals surface area contributed by atoms with Gasteiger partial charge >= 0.3 is 6.18 Å². The summed E-state index contributed by atoms with van der Waals surface area (Å²) >= 11 is 5.58. The number of hydrogen-bond acceptors (Lipinski definition) is 5. The molecule has 1 atom stereocenters. The zero-order valence-corrected chi connectivity index (χ0v) is 17.3. The van der Waals surface area contributed by atoms with Gasteiger partial charge in [-0.05, 0) is 44.3 Å². The molecule has 2 aromatic carbocycles. The minimum atomic E-state index is -4.64. The van der Waals surface area contributed by atoms with Crippen molar-refractivity contribution < 1.29 is 32.2 Å². The van der Waals surface area contributed by atoms with Crippen LogP contribution in [0.1, 0.15) is 12.5 Å². The summed E-state index contributed by atoms with van der Waals surface area (Å²) in [5, 5.41) is 4.64. The molecule has 31 heavy (non-hydrogen) atoms. The van der Waals surface area contributed by atoms with Crippen molar-refractivity contribution in [3.63, 3.8) is 0 Å². The molecule has 0 bridgehead atoms. The molecule has 0 saturated heterocycles. The number of fused-ring (bicyclic) bond motifs is 1. The van der Waals surface area contributed by atoms with E-state index in [0.29, 0.717) is 17.2 Å². The first kappa shape index (κ1) is 22.7. The lowest BCUT2D eigenvalue weighted by molar-refractivity contribution is -0.137. The molecule has 0 aliphatic carbocycles. The number of nitrogens with zero attached hydrogens (tertiary/aromatic N) is 1. The van der Waals surface area contributed by atoms with Gasteiger partial charge in [-0.25, -0.2) is 0 Å². The maximum Gasteiger partial charge on any atom is 0.417 e. The number of anilines is 2. The molecule has 0 radical (unpaired) electrons. The maximum absolute atomic E-state index is 13.0. The molecule has 2 N–H and O–H groups in total. The van der Waals surface area contributed by atoms with Crippen LogP contribution in [0.4, 0.5) is 24.5 Å². The molecule has 0 fully saturated rings. The Morgan fingerprint density at radius 3 is 2.45 bits per heavy atom. The normalized spacial score (nSPS) is 13.8. The minimum Gasteiger partial charge on any atom is -0.454 e. The van der Waals surface area contributed by atoms with Gasteiger partial charge in [0.15, 0.2) is 11.5 Å². The highest BCUT2D eigenvalue weighted by atomic mass is 35.5. The third-order valence-electron chi connectivity index (χ3n) is 4.63. The van der Waals surface area contributed by atoms with E-state index in [1.165, 1.54) is 11.0 Å². The Morgan fingerprint density at radius 1 is 1.10 bits per heavy atom. The fourth-order valence-electron chi connectivity index (χ4n) is 2.81. The second-order valence-electron chi connectivity index (χ2n) is 6.89. The van der Waals surface area contributed by atoms with Gasteiger partial charge in [0.25, 0.3) is 0 Å². The van der Waals surface area contributed by atoms with Gasteiger partial charge in [-0.15, -0.1) is 0 Å². The fourth-order valence-corrected chi connectivity index (χ4v) is 3.03. The lowest BCUT2D eigenvalue weighted by Gasteiger charge is -2.23. The molecule has 0 saturated carbocycles. The molecular weight excluding hydrogens is 439 g/mol. The van der Waals surface area contributed by atoms with Crippen LogP contribution in [0.3, 0.4) is 0 Å². The fraction of sp³-hybridized carbons (Fsp3) is 0.300. The molecule has 2 aromatic rings. The second-order valence-corrected chi connectivity index (χ2v) is 7.30. The van der Waals surface area contributed by atoms with Crippen molar-refractivity contribution >= 4 is 34.8 Å². The predicted molar refractivity (Wildman–Crippen MR) is 108 cm³/mol. The predicted octanol–water partition coefficient (Wildman–Crippen LogP) is 3.99. The van der Waals surface area contributed by atoms with Crippen molar-refractivity contribution in [1.29, 1.82) is 0 Å². The SMILES string of the molecule is CC(C(=O)Nc1ccc2c(c1)OCO2)N(C)CC(=O)Nc1ccc(Cl)c(C(F)(F)F)c1. The molecule has 0 spiro atoms. The Balaban J connectivity index is 1.57. The summed E-state index contributed by atoms with van der Waals surface area (Å²) in [6, 6.07) is 7.34. The number of likely N-dealkylation sites (N-methyl/N-ethyl adjacent to an activating group) is 1. The Kier molecular flexibility index (Phi) is 6.61. The summed E-state index contributed by atoms with van der Waals surface area (Å²) in [4.78, 5) is 26.2. The molecule has 1 unspecified atom stereocenters. The van der Waals surface area contributed by atoms with Crippen molar-refractivity contribution in [3.8, 4) is 11.5 Å². The zero-order valence-electron chi connectivity index (χ0n) is 16.5. The Bertz CT molecular complexity index is 1000. The summed E-state index contributed by atoms with van der Waals surface area (Å²) in [7, 11) is 1.55. The van der Waals surface area contributed by atoms with E-state index in [1.54, 1.807) is 32.2 Å². The number of carbonyl (C=O) groups is 2. The first-order valence-electron chi connectivity index (χ1n) is 9.12. The van der Waals surface area contributed by atoms with Crippen LogP contribution in [0.5, 0.6) is 11.5 Å². The van der Waals surface area contributed by atoms with E-state index < -0.39 is 28.7 Å². The van der Waals surface area contributed by atoms with E-state index in [0.717, 1.165) is 12.1 Å². The average molecular weight is 458 g/mol. The molecule has 166 valence electrons. The lowest BCUT2D eigenvalue weighted by Crippen LogP contribution is -2.43. The smallest absolute Gasteiger partial charge is 0.417 e. The van der Waals surface area contributed by atoms with Gasteiger partial charge in [-0.2, -0.15) is 13.2 Å². The first-order valence-corrected chi connectivity index (χ1v) is 9.50. The van der Waals surface area contributed by atoms with Crippen molar-refractivity contribution in [2.24, 2.45) is 0 Å². The number of carbonyl (C=O) groups excluding carboxylic acids is 2. The van der Waals surface area contributed by atoms with Crippen LogP contribution in [0.25, 0.3) is 0 Å². The van der Waals surface area contributed by atoms with Crippen molar-refractivity contribution in [1.82, 2.24) is 4.90 Å². The highest BCUT2D eigenvalue weighted by molar-refractivity contribution is 6.31. The summed E-state index contributed by atoms with van der Waals surface area (Å²) in [5.74, 6) is 0.135. The topological polar surface area (TPSA) is 79.9 Å². The van der Waals surface area contributed by atoms with Gasteiger partial charge in [0.05, 0.1) is 23.2 Å². The van der Waals surface area contributed by atoms with Gasteiger partial charge in [-0.3, -0.25) is 14.5 Å². The quantitative estimate of drug-likeness (QED) is 0.686. The average Bonchev–Trinajstić information content (AvgIpc) is 3.15. The number of nitrogens with one attached hydrogen (secondary N) is 2. The van der Waals surface area contributed by atoms with Gasteiger partial charge < -0.3 is 20.1 Å². The molecule has 11 heteroatoms. The summed E-state index contributed by atoms with van der Waals surface area (Å²) in [5.41, 5.74) is -0.593. The van der Waals surface area contributed by atoms with Crippen LogP contribution in [0.2, 0.25) is 5.02 Å². The van der Waals surface area contributed by atoms with Crippen LogP contribution in [0.15, 0.2) is 36.4 Å². The van der Waals surface area contributed by atoms with Gasteiger partial charge in [0.1, 0.15) is 0 Å². The standard InChI is InChI=1S/C20H19ClF3N3O4/c1-11(19(29)26-13-4-6-16-17(8-13)31-10-30-16)27(2)9-18(28)25-12-3-5-15(21)14(7-12)20(22,23)24/h3-8,11H,9-10H2,1-2H3,(H,25,28)(H,26,29). The molecule has 2 amide bonds. The third-order valence-corrected chi connectivity index (χ3v) is 4.96. The Labute approximate surface area is 181 Å².